The molecule has 0 bridgehead atoms. The van der Waals surface area contributed by atoms with Gasteiger partial charge in [0, 0.05) is 18.0 Å². The monoisotopic (exact) mass is 398 g/mol. The fourth-order valence-electron chi connectivity index (χ4n) is 3.36. The molecular weight excluding hydrogens is 379 g/mol. The lowest BCUT2D eigenvalue weighted by Crippen LogP contribution is -2.44. The number of aromatic nitrogens is 2. The zero-order valence-corrected chi connectivity index (χ0v) is 15.8. The topological polar surface area (TPSA) is 94.5 Å². The van der Waals surface area contributed by atoms with Crippen molar-refractivity contribution < 1.29 is 14.1 Å². The lowest BCUT2D eigenvalue weighted by atomic mass is 9.77. The molecule has 1 atom stereocenters. The van der Waals surface area contributed by atoms with E-state index in [1.165, 1.54) is 0 Å². The van der Waals surface area contributed by atoms with Gasteiger partial charge in [-0.2, -0.15) is 4.98 Å². The van der Waals surface area contributed by atoms with Gasteiger partial charge in [0.15, 0.2) is 5.82 Å². The van der Waals surface area contributed by atoms with Crippen molar-refractivity contribution in [3.8, 4) is 5.75 Å². The van der Waals surface area contributed by atoms with Crippen LogP contribution >= 0.6 is 24.0 Å². The first-order valence-electron chi connectivity index (χ1n) is 8.27. The highest BCUT2D eigenvalue weighted by Gasteiger charge is 2.41. The maximum absolute atomic E-state index is 12.5. The van der Waals surface area contributed by atoms with Crippen LogP contribution in [0.2, 0.25) is 5.02 Å². The van der Waals surface area contributed by atoms with Crippen LogP contribution in [0.1, 0.15) is 43.3 Å². The van der Waals surface area contributed by atoms with Crippen molar-refractivity contribution in [1.82, 2.24) is 10.1 Å². The summed E-state index contributed by atoms with van der Waals surface area (Å²) in [6, 6.07) is 5.20. The second-order valence-electron chi connectivity index (χ2n) is 6.69. The molecule has 1 aromatic heterocycles. The molecule has 7 nitrogen and oxygen atoms in total. The van der Waals surface area contributed by atoms with Crippen LogP contribution in [0.4, 0.5) is 5.69 Å². The van der Waals surface area contributed by atoms with Gasteiger partial charge >= 0.3 is 0 Å². The van der Waals surface area contributed by atoms with Crippen molar-refractivity contribution in [3.63, 3.8) is 0 Å². The highest BCUT2D eigenvalue weighted by molar-refractivity contribution is 6.31. The summed E-state index contributed by atoms with van der Waals surface area (Å²) < 4.78 is 10.8. The van der Waals surface area contributed by atoms with Crippen LogP contribution in [-0.4, -0.2) is 29.7 Å². The van der Waals surface area contributed by atoms with Gasteiger partial charge in [-0.3, -0.25) is 4.79 Å². The van der Waals surface area contributed by atoms with E-state index in [-0.39, 0.29) is 24.2 Å². The van der Waals surface area contributed by atoms with E-state index in [1.54, 1.807) is 30.2 Å². The van der Waals surface area contributed by atoms with E-state index in [1.807, 2.05) is 0 Å². The number of carbonyl (C=O) groups is 1. The van der Waals surface area contributed by atoms with Gasteiger partial charge in [-0.25, -0.2) is 0 Å². The fraction of sp³-hybridized carbons (Fsp3) is 0.471. The summed E-state index contributed by atoms with van der Waals surface area (Å²) in [6.45, 7) is 0.439. The predicted octanol–water partition coefficient (Wildman–Crippen LogP) is 3.01. The van der Waals surface area contributed by atoms with Gasteiger partial charge in [-0.05, 0) is 37.5 Å². The number of rotatable bonds is 4. The minimum atomic E-state index is -0.472. The van der Waals surface area contributed by atoms with Crippen LogP contribution in [0.5, 0.6) is 5.75 Å². The molecule has 9 heteroatoms. The fourth-order valence-corrected chi connectivity index (χ4v) is 3.53. The molecule has 1 amide bonds. The Morgan fingerprint density at radius 3 is 2.85 bits per heavy atom. The quantitative estimate of drug-likeness (QED) is 0.850. The SMILES string of the molecule is COc1ccc(Cl)cc1N1CC(c2nc(C3(N)CCC3)no2)CC1=O.Cl. The van der Waals surface area contributed by atoms with Crippen molar-refractivity contribution in [1.29, 1.82) is 0 Å². The highest BCUT2D eigenvalue weighted by Crippen LogP contribution is 2.40. The van der Waals surface area contributed by atoms with Gasteiger partial charge in [-0.15, -0.1) is 12.4 Å². The highest BCUT2D eigenvalue weighted by atomic mass is 35.5. The Morgan fingerprint density at radius 1 is 1.42 bits per heavy atom. The summed E-state index contributed by atoms with van der Waals surface area (Å²) in [5, 5.41) is 4.58. The normalized spacial score (nSPS) is 21.3. The third-order valence-corrected chi connectivity index (χ3v) is 5.27. The summed E-state index contributed by atoms with van der Waals surface area (Å²) in [5.74, 6) is 1.40. The molecule has 0 radical (unpaired) electrons. The Balaban J connectivity index is 0.00000196. The van der Waals surface area contributed by atoms with E-state index in [4.69, 9.17) is 26.6 Å². The standard InChI is InChI=1S/C17H19ClN4O3.ClH/c1-24-13-4-3-11(18)8-12(13)22-9-10(7-14(22)23)15-20-16(21-25-15)17(19)5-2-6-17;/h3-4,8,10H,2,5-7,9,19H2,1H3;1H. The Hall–Kier alpha value is -1.83. The number of hydrogen-bond acceptors (Lipinski definition) is 6. The van der Waals surface area contributed by atoms with Crippen LogP contribution in [0.25, 0.3) is 0 Å². The molecule has 140 valence electrons. The van der Waals surface area contributed by atoms with Crippen molar-refractivity contribution in [2.75, 3.05) is 18.6 Å². The summed E-state index contributed by atoms with van der Waals surface area (Å²) in [4.78, 5) is 18.6. The molecule has 2 aliphatic rings. The van der Waals surface area contributed by atoms with Crippen molar-refractivity contribution in [2.45, 2.75) is 37.1 Å². The molecule has 26 heavy (non-hydrogen) atoms. The molecule has 2 heterocycles. The minimum absolute atomic E-state index is 0. The third-order valence-electron chi connectivity index (χ3n) is 5.04. The summed E-state index contributed by atoms with van der Waals surface area (Å²) in [6.07, 6.45) is 3.10. The average molecular weight is 399 g/mol. The van der Waals surface area contributed by atoms with Gasteiger partial charge in [0.2, 0.25) is 11.8 Å². The van der Waals surface area contributed by atoms with Crippen LogP contribution in [0.3, 0.4) is 0 Å². The van der Waals surface area contributed by atoms with Crippen molar-refractivity contribution in [2.24, 2.45) is 5.73 Å². The molecule has 1 aliphatic heterocycles. The number of anilines is 1. The molecule has 2 fully saturated rings. The average Bonchev–Trinajstić information content (AvgIpc) is 3.19. The van der Waals surface area contributed by atoms with Gasteiger partial charge in [0.05, 0.1) is 24.3 Å². The summed E-state index contributed by atoms with van der Waals surface area (Å²) in [5.41, 5.74) is 6.42. The van der Waals surface area contributed by atoms with E-state index in [0.29, 0.717) is 41.1 Å². The van der Waals surface area contributed by atoms with Gasteiger partial charge in [-0.1, -0.05) is 16.8 Å². The molecule has 1 aliphatic carbocycles. The van der Waals surface area contributed by atoms with Gasteiger partial charge in [0.1, 0.15) is 5.75 Å². The Bertz CT molecular complexity index is 822. The second kappa shape index (κ2) is 7.06. The smallest absolute Gasteiger partial charge is 0.232 e. The van der Waals surface area contributed by atoms with Crippen molar-refractivity contribution in [3.05, 3.63) is 34.9 Å². The number of benzene rings is 1. The Kier molecular flexibility index (Phi) is 5.14. The predicted molar refractivity (Wildman–Crippen MR) is 99.0 cm³/mol. The molecule has 2 N–H and O–H groups in total. The zero-order chi connectivity index (χ0) is 17.6. The molecule has 1 aromatic carbocycles. The third kappa shape index (κ3) is 3.15. The van der Waals surface area contributed by atoms with E-state index in [9.17, 15) is 4.79 Å². The van der Waals surface area contributed by atoms with Gasteiger partial charge in [0.25, 0.3) is 0 Å². The van der Waals surface area contributed by atoms with Crippen LogP contribution in [0.15, 0.2) is 22.7 Å². The number of methoxy groups -OCH3 is 1. The van der Waals surface area contributed by atoms with Gasteiger partial charge < -0.3 is 19.9 Å². The number of amides is 1. The maximum Gasteiger partial charge on any atom is 0.232 e. The zero-order valence-electron chi connectivity index (χ0n) is 14.3. The van der Waals surface area contributed by atoms with Crippen molar-refractivity contribution >= 4 is 35.6 Å². The Morgan fingerprint density at radius 2 is 2.19 bits per heavy atom. The number of nitrogens with zero attached hydrogens (tertiary/aromatic N) is 3. The molecule has 4 rings (SSSR count). The van der Waals surface area contributed by atoms with E-state index in [0.717, 1.165) is 19.3 Å². The molecule has 2 aromatic rings. The maximum atomic E-state index is 12.5. The van der Waals surface area contributed by atoms with E-state index in [2.05, 4.69) is 10.1 Å². The summed E-state index contributed by atoms with van der Waals surface area (Å²) in [7, 11) is 1.56. The van der Waals surface area contributed by atoms with E-state index < -0.39 is 5.54 Å². The molecule has 1 saturated heterocycles. The second-order valence-corrected chi connectivity index (χ2v) is 7.12. The largest absolute Gasteiger partial charge is 0.495 e. The lowest BCUT2D eigenvalue weighted by Gasteiger charge is -2.34. The van der Waals surface area contributed by atoms with Crippen LogP contribution in [0, 0.1) is 0 Å². The molecule has 0 spiro atoms. The number of carbonyl (C=O) groups excluding carboxylic acids is 1. The molecule has 1 saturated carbocycles. The first kappa shape index (κ1) is 18.9. The molecule has 1 unspecified atom stereocenters. The minimum Gasteiger partial charge on any atom is -0.495 e. The number of halogens is 2. The van der Waals surface area contributed by atoms with Crippen LogP contribution in [-0.2, 0) is 10.3 Å². The van der Waals surface area contributed by atoms with E-state index >= 15 is 0 Å². The number of nitrogens with two attached hydrogens (primary N) is 1. The number of ether oxygens (including phenoxy) is 1. The summed E-state index contributed by atoms with van der Waals surface area (Å²) >= 11 is 6.08. The van der Waals surface area contributed by atoms with Crippen LogP contribution < -0.4 is 15.4 Å². The number of hydrogen-bond donors (Lipinski definition) is 1. The Labute approximate surface area is 162 Å². The first-order chi connectivity index (χ1) is 12.0. The lowest BCUT2D eigenvalue weighted by molar-refractivity contribution is -0.117. The molecular formula is C17H20Cl2N4O3. The first-order valence-corrected chi connectivity index (χ1v) is 8.65.